The first-order chi connectivity index (χ1) is 15.6. The number of hydrogen-bond acceptors (Lipinski definition) is 5. The van der Waals surface area contributed by atoms with Gasteiger partial charge in [0.05, 0.1) is 0 Å². The van der Waals surface area contributed by atoms with Gasteiger partial charge in [-0.3, -0.25) is 19.5 Å². The Kier molecular flexibility index (Phi) is 7.17. The summed E-state index contributed by atoms with van der Waals surface area (Å²) in [6, 6.07) is 12.7. The Morgan fingerprint density at radius 1 is 1.06 bits per heavy atom. The molecule has 7 nitrogen and oxygen atoms in total. The summed E-state index contributed by atoms with van der Waals surface area (Å²) in [5.41, 5.74) is 3.10. The zero-order chi connectivity index (χ0) is 22.5. The third kappa shape index (κ3) is 5.00. The topological polar surface area (TPSA) is 66.0 Å². The van der Waals surface area contributed by atoms with Gasteiger partial charge in [-0.15, -0.1) is 0 Å². The Labute approximate surface area is 190 Å². The second-order valence-corrected chi connectivity index (χ2v) is 8.71. The molecule has 1 saturated heterocycles. The third-order valence-corrected chi connectivity index (χ3v) is 6.65. The summed E-state index contributed by atoms with van der Waals surface area (Å²) in [6.07, 6.45) is 6.66. The summed E-state index contributed by atoms with van der Waals surface area (Å²) in [6.45, 7) is 4.28. The molecular formula is C25H32N4O3. The number of anilines is 1. The van der Waals surface area contributed by atoms with Crippen molar-refractivity contribution in [3.05, 3.63) is 59.9 Å². The second kappa shape index (κ2) is 10.2. The van der Waals surface area contributed by atoms with Crippen molar-refractivity contribution in [2.24, 2.45) is 0 Å². The van der Waals surface area contributed by atoms with E-state index in [-0.39, 0.29) is 24.5 Å². The molecule has 2 aromatic rings. The van der Waals surface area contributed by atoms with E-state index in [1.54, 1.807) is 14.0 Å². The highest BCUT2D eigenvalue weighted by atomic mass is 16.5. The van der Waals surface area contributed by atoms with E-state index in [9.17, 15) is 9.59 Å². The van der Waals surface area contributed by atoms with Gasteiger partial charge in [-0.2, -0.15) is 0 Å². The molecule has 7 heteroatoms. The number of pyridine rings is 1. The number of amides is 2. The standard InChI is InChI=1S/C25H32N4O3/c1-19(30)28-14-11-22-7-8-23(29(22)15-20-9-12-26-13-10-20)17-27(25(31)18-32-2)16-21-5-3-4-6-24(21)28/h3-6,9-10,12-13,22-23H,7-8,11,14-18H2,1-2H3. The number of benzene rings is 1. The Hall–Kier alpha value is -2.77. The second-order valence-electron chi connectivity index (χ2n) is 8.71. The van der Waals surface area contributed by atoms with E-state index in [1.165, 1.54) is 5.56 Å². The SMILES string of the molecule is COCC(=O)N1Cc2ccccc2N(C(C)=O)CCC2CCC(C1)N2Cc1ccncc1. The van der Waals surface area contributed by atoms with Crippen molar-refractivity contribution >= 4 is 17.5 Å². The Morgan fingerprint density at radius 3 is 2.56 bits per heavy atom. The van der Waals surface area contributed by atoms with Gasteiger partial charge in [-0.1, -0.05) is 18.2 Å². The Morgan fingerprint density at radius 2 is 1.81 bits per heavy atom. The van der Waals surface area contributed by atoms with Crippen LogP contribution in [-0.2, 0) is 27.4 Å². The minimum Gasteiger partial charge on any atom is -0.375 e. The highest BCUT2D eigenvalue weighted by Crippen LogP contribution is 2.32. The molecule has 0 N–H and O–H groups in total. The van der Waals surface area contributed by atoms with Crippen LogP contribution in [0, 0.1) is 0 Å². The number of ether oxygens (including phenoxy) is 1. The van der Waals surface area contributed by atoms with Gasteiger partial charge < -0.3 is 14.5 Å². The van der Waals surface area contributed by atoms with Crippen LogP contribution in [0.3, 0.4) is 0 Å². The molecule has 2 atom stereocenters. The monoisotopic (exact) mass is 436 g/mol. The fraction of sp³-hybridized carbons (Fsp3) is 0.480. The van der Waals surface area contributed by atoms with Crippen LogP contribution in [0.2, 0.25) is 0 Å². The minimum absolute atomic E-state index is 0.0248. The zero-order valence-electron chi connectivity index (χ0n) is 18.9. The summed E-state index contributed by atoms with van der Waals surface area (Å²) in [4.78, 5) is 36.1. The van der Waals surface area contributed by atoms with Crippen molar-refractivity contribution in [1.82, 2.24) is 14.8 Å². The molecule has 2 aliphatic heterocycles. The molecular weight excluding hydrogens is 404 g/mol. The van der Waals surface area contributed by atoms with Gasteiger partial charge in [-0.05, 0) is 48.6 Å². The Balaban J connectivity index is 1.69. The summed E-state index contributed by atoms with van der Waals surface area (Å²) >= 11 is 0. The van der Waals surface area contributed by atoms with Gasteiger partial charge >= 0.3 is 0 Å². The van der Waals surface area contributed by atoms with E-state index >= 15 is 0 Å². The average Bonchev–Trinajstić information content (AvgIpc) is 3.14. The molecule has 170 valence electrons. The summed E-state index contributed by atoms with van der Waals surface area (Å²) < 4.78 is 5.18. The minimum atomic E-state index is -0.0248. The maximum Gasteiger partial charge on any atom is 0.248 e. The normalized spacial score (nSPS) is 21.7. The van der Waals surface area contributed by atoms with Crippen LogP contribution in [0.5, 0.6) is 0 Å². The van der Waals surface area contributed by atoms with E-state index in [1.807, 2.05) is 46.5 Å². The van der Waals surface area contributed by atoms with E-state index in [0.29, 0.717) is 25.7 Å². The first kappa shape index (κ1) is 22.4. The van der Waals surface area contributed by atoms with Gasteiger partial charge in [0.25, 0.3) is 0 Å². The van der Waals surface area contributed by atoms with Crippen LogP contribution in [0.4, 0.5) is 5.69 Å². The average molecular weight is 437 g/mol. The predicted octanol–water partition coefficient (Wildman–Crippen LogP) is 2.85. The molecule has 1 aromatic heterocycles. The van der Waals surface area contributed by atoms with E-state index in [2.05, 4.69) is 22.0 Å². The maximum absolute atomic E-state index is 13.0. The third-order valence-electron chi connectivity index (χ3n) is 6.65. The number of para-hydroxylation sites is 1. The van der Waals surface area contributed by atoms with Gasteiger partial charge in [0.15, 0.2) is 0 Å². The molecule has 0 radical (unpaired) electrons. The summed E-state index contributed by atoms with van der Waals surface area (Å²) in [5.74, 6) is 0.00457. The van der Waals surface area contributed by atoms with Crippen LogP contribution in [-0.4, -0.2) is 65.5 Å². The number of nitrogens with zero attached hydrogens (tertiary/aromatic N) is 4. The first-order valence-electron chi connectivity index (χ1n) is 11.3. The van der Waals surface area contributed by atoms with Crippen LogP contribution in [0.15, 0.2) is 48.8 Å². The predicted molar refractivity (Wildman–Crippen MR) is 123 cm³/mol. The lowest BCUT2D eigenvalue weighted by Crippen LogP contribution is -2.45. The quantitative estimate of drug-likeness (QED) is 0.737. The van der Waals surface area contributed by atoms with Crippen LogP contribution in [0.25, 0.3) is 0 Å². The molecule has 0 aliphatic carbocycles. The number of methoxy groups -OCH3 is 1. The molecule has 2 bridgehead atoms. The molecule has 2 unspecified atom stereocenters. The fourth-order valence-corrected chi connectivity index (χ4v) is 5.04. The summed E-state index contributed by atoms with van der Waals surface area (Å²) in [7, 11) is 1.55. The zero-order valence-corrected chi connectivity index (χ0v) is 18.9. The highest BCUT2D eigenvalue weighted by molar-refractivity contribution is 5.92. The largest absolute Gasteiger partial charge is 0.375 e. The van der Waals surface area contributed by atoms with Gasteiger partial charge in [-0.25, -0.2) is 0 Å². The van der Waals surface area contributed by atoms with Gasteiger partial charge in [0, 0.05) is 70.4 Å². The molecule has 2 aliphatic rings. The number of carbonyl (C=O) groups is 2. The first-order valence-corrected chi connectivity index (χ1v) is 11.3. The van der Waals surface area contributed by atoms with Crippen LogP contribution in [0.1, 0.15) is 37.3 Å². The fourth-order valence-electron chi connectivity index (χ4n) is 5.04. The Bertz CT molecular complexity index is 936. The molecule has 1 aromatic carbocycles. The van der Waals surface area contributed by atoms with Crippen molar-refractivity contribution in [3.63, 3.8) is 0 Å². The number of aromatic nitrogens is 1. The molecule has 0 saturated carbocycles. The van der Waals surface area contributed by atoms with Crippen molar-refractivity contribution in [2.45, 2.75) is 51.4 Å². The summed E-state index contributed by atoms with van der Waals surface area (Å²) in [5, 5.41) is 0. The lowest BCUT2D eigenvalue weighted by atomic mass is 10.1. The molecule has 2 amide bonds. The van der Waals surface area contributed by atoms with Crippen molar-refractivity contribution in [2.75, 3.05) is 31.7 Å². The number of rotatable bonds is 4. The lowest BCUT2D eigenvalue weighted by molar-refractivity contribution is -0.136. The molecule has 1 fully saturated rings. The molecule has 32 heavy (non-hydrogen) atoms. The van der Waals surface area contributed by atoms with E-state index < -0.39 is 0 Å². The van der Waals surface area contributed by atoms with Gasteiger partial charge in [0.2, 0.25) is 11.8 Å². The number of carbonyl (C=O) groups excluding carboxylic acids is 2. The van der Waals surface area contributed by atoms with Crippen molar-refractivity contribution < 1.29 is 14.3 Å². The van der Waals surface area contributed by atoms with Gasteiger partial charge in [0.1, 0.15) is 6.61 Å². The van der Waals surface area contributed by atoms with Crippen LogP contribution >= 0.6 is 0 Å². The molecule has 0 spiro atoms. The van der Waals surface area contributed by atoms with E-state index in [0.717, 1.165) is 37.1 Å². The number of hydrogen-bond donors (Lipinski definition) is 0. The number of fused-ring (bicyclic) bond motifs is 3. The van der Waals surface area contributed by atoms with Crippen LogP contribution < -0.4 is 4.90 Å². The van der Waals surface area contributed by atoms with E-state index in [4.69, 9.17) is 4.74 Å². The highest BCUT2D eigenvalue weighted by Gasteiger charge is 2.36. The van der Waals surface area contributed by atoms with Crippen molar-refractivity contribution in [3.8, 4) is 0 Å². The molecule has 4 rings (SSSR count). The van der Waals surface area contributed by atoms with Crippen molar-refractivity contribution in [1.29, 1.82) is 0 Å². The lowest BCUT2D eigenvalue weighted by Gasteiger charge is -2.33. The smallest absolute Gasteiger partial charge is 0.248 e. The maximum atomic E-state index is 13.0. The molecule has 3 heterocycles.